The van der Waals surface area contributed by atoms with Crippen LogP contribution in [-0.4, -0.2) is 33.2 Å². The summed E-state index contributed by atoms with van der Waals surface area (Å²) in [5.74, 6) is -0.305. The second-order valence-corrected chi connectivity index (χ2v) is 8.96. The minimum Gasteiger partial charge on any atom is -0.352 e. The fraction of sp³-hybridized carbons (Fsp3) is 0.381. The first-order valence-corrected chi connectivity index (χ1v) is 10.9. The Hall–Kier alpha value is -2.34. The van der Waals surface area contributed by atoms with Crippen molar-refractivity contribution in [2.75, 3.05) is 17.1 Å². The van der Waals surface area contributed by atoms with E-state index < -0.39 is 10.0 Å². The van der Waals surface area contributed by atoms with Crippen molar-refractivity contribution >= 4 is 21.6 Å². The van der Waals surface area contributed by atoms with Crippen molar-refractivity contribution in [3.05, 3.63) is 65.2 Å². The van der Waals surface area contributed by atoms with E-state index in [1.165, 1.54) is 9.87 Å². The van der Waals surface area contributed by atoms with Crippen LogP contribution in [-0.2, 0) is 21.2 Å². The van der Waals surface area contributed by atoms with Crippen LogP contribution in [0.4, 0.5) is 5.69 Å². The van der Waals surface area contributed by atoms with E-state index in [4.69, 9.17) is 0 Å². The zero-order valence-corrected chi connectivity index (χ0v) is 17.2. The highest BCUT2D eigenvalue weighted by molar-refractivity contribution is 7.92. The van der Waals surface area contributed by atoms with E-state index in [1.807, 2.05) is 51.1 Å². The van der Waals surface area contributed by atoms with E-state index in [1.54, 1.807) is 6.07 Å². The summed E-state index contributed by atoms with van der Waals surface area (Å²) in [5.41, 5.74) is 3.62. The second-order valence-electron chi connectivity index (χ2n) is 7.05. The van der Waals surface area contributed by atoms with Crippen LogP contribution in [0.2, 0.25) is 0 Å². The lowest BCUT2D eigenvalue weighted by Gasteiger charge is -2.25. The molecule has 0 bridgehead atoms. The number of hydrogen-bond donors (Lipinski definition) is 1. The molecule has 0 radical (unpaired) electrons. The molecule has 0 spiro atoms. The van der Waals surface area contributed by atoms with E-state index in [9.17, 15) is 13.2 Å². The summed E-state index contributed by atoms with van der Waals surface area (Å²) in [6, 6.07) is 15.5. The van der Waals surface area contributed by atoms with E-state index in [0.717, 1.165) is 30.2 Å². The molecule has 2 aromatic carbocycles. The average Bonchev–Trinajstić information content (AvgIpc) is 2.58. The highest BCUT2D eigenvalue weighted by atomic mass is 32.2. The number of sulfonamides is 1. The monoisotopic (exact) mass is 388 g/mol. The van der Waals surface area contributed by atoms with E-state index in [2.05, 4.69) is 17.4 Å². The van der Waals surface area contributed by atoms with Gasteiger partial charge < -0.3 is 5.32 Å². The lowest BCUT2D eigenvalue weighted by Crippen LogP contribution is -2.43. The first-order chi connectivity index (χ1) is 12.7. The summed E-state index contributed by atoms with van der Waals surface area (Å²) in [6.07, 6.45) is 2.77. The van der Waals surface area contributed by atoms with Crippen LogP contribution in [0.1, 0.15) is 30.0 Å². The van der Waals surface area contributed by atoms with Gasteiger partial charge in [0.25, 0.3) is 0 Å². The zero-order valence-electron chi connectivity index (χ0n) is 16.4. The number of nitrogens with one attached hydrogen (secondary N) is 1. The van der Waals surface area contributed by atoms with Gasteiger partial charge in [0.1, 0.15) is 6.54 Å². The van der Waals surface area contributed by atoms with Gasteiger partial charge in [-0.1, -0.05) is 48.0 Å². The molecule has 0 saturated heterocycles. The molecule has 0 saturated carbocycles. The molecule has 0 aromatic heterocycles. The largest absolute Gasteiger partial charge is 0.352 e. The van der Waals surface area contributed by atoms with Crippen molar-refractivity contribution in [2.45, 2.75) is 39.7 Å². The van der Waals surface area contributed by atoms with E-state index >= 15 is 0 Å². The Balaban J connectivity index is 2.01. The Morgan fingerprint density at radius 2 is 1.78 bits per heavy atom. The van der Waals surface area contributed by atoms with Crippen molar-refractivity contribution in [1.82, 2.24) is 5.32 Å². The minimum atomic E-state index is -3.57. The van der Waals surface area contributed by atoms with Crippen LogP contribution >= 0.6 is 0 Å². The second kappa shape index (κ2) is 9.04. The maximum absolute atomic E-state index is 12.5. The number of carbonyl (C=O) groups is 1. The van der Waals surface area contributed by atoms with Crippen LogP contribution in [0.25, 0.3) is 0 Å². The molecule has 1 N–H and O–H groups in total. The molecule has 146 valence electrons. The predicted molar refractivity (Wildman–Crippen MR) is 110 cm³/mol. The number of carbonyl (C=O) groups excluding carboxylic acids is 1. The van der Waals surface area contributed by atoms with Gasteiger partial charge in [0, 0.05) is 6.04 Å². The van der Waals surface area contributed by atoms with Crippen molar-refractivity contribution < 1.29 is 13.2 Å². The summed E-state index contributed by atoms with van der Waals surface area (Å²) in [6.45, 7) is 5.50. The van der Waals surface area contributed by atoms with E-state index in [0.29, 0.717) is 5.69 Å². The SMILES string of the molecule is Cc1ccc(N(CC(=O)N[C@H](C)CCc2ccccc2)S(C)(=O)=O)c(C)c1. The third kappa shape index (κ3) is 6.40. The molecule has 2 rings (SSSR count). The molecule has 0 fully saturated rings. The highest BCUT2D eigenvalue weighted by Gasteiger charge is 2.23. The van der Waals surface area contributed by atoms with Gasteiger partial charge in [-0.2, -0.15) is 0 Å². The van der Waals surface area contributed by atoms with Crippen molar-refractivity contribution in [2.24, 2.45) is 0 Å². The maximum atomic E-state index is 12.5. The topological polar surface area (TPSA) is 66.5 Å². The van der Waals surface area contributed by atoms with Crippen molar-refractivity contribution in [1.29, 1.82) is 0 Å². The van der Waals surface area contributed by atoms with Crippen LogP contribution in [0, 0.1) is 13.8 Å². The van der Waals surface area contributed by atoms with Gasteiger partial charge in [0.05, 0.1) is 11.9 Å². The maximum Gasteiger partial charge on any atom is 0.240 e. The molecular weight excluding hydrogens is 360 g/mol. The Morgan fingerprint density at radius 3 is 2.37 bits per heavy atom. The number of benzene rings is 2. The number of amides is 1. The van der Waals surface area contributed by atoms with Crippen LogP contribution in [0.5, 0.6) is 0 Å². The van der Waals surface area contributed by atoms with E-state index in [-0.39, 0.29) is 18.5 Å². The van der Waals surface area contributed by atoms with Crippen molar-refractivity contribution in [3.8, 4) is 0 Å². The third-order valence-electron chi connectivity index (χ3n) is 4.42. The Labute approximate surface area is 162 Å². The first kappa shape index (κ1) is 21.0. The Morgan fingerprint density at radius 1 is 1.11 bits per heavy atom. The van der Waals surface area contributed by atoms with Gasteiger partial charge in [-0.05, 0) is 50.8 Å². The fourth-order valence-corrected chi connectivity index (χ4v) is 3.93. The van der Waals surface area contributed by atoms with Crippen molar-refractivity contribution in [3.63, 3.8) is 0 Å². The van der Waals surface area contributed by atoms with Gasteiger partial charge in [-0.15, -0.1) is 0 Å². The molecule has 27 heavy (non-hydrogen) atoms. The predicted octanol–water partition coefficient (Wildman–Crippen LogP) is 3.21. The molecular formula is C21H28N2O3S. The molecule has 0 aliphatic rings. The minimum absolute atomic E-state index is 0.0433. The molecule has 5 nitrogen and oxygen atoms in total. The number of hydrogen-bond acceptors (Lipinski definition) is 3. The normalized spacial score (nSPS) is 12.4. The first-order valence-electron chi connectivity index (χ1n) is 9.05. The Kier molecular flexibility index (Phi) is 7.02. The highest BCUT2D eigenvalue weighted by Crippen LogP contribution is 2.23. The lowest BCUT2D eigenvalue weighted by molar-refractivity contribution is -0.120. The molecule has 1 atom stereocenters. The molecule has 0 heterocycles. The lowest BCUT2D eigenvalue weighted by atomic mass is 10.1. The molecule has 0 aliphatic heterocycles. The summed E-state index contributed by atoms with van der Waals surface area (Å²) in [4.78, 5) is 12.5. The summed E-state index contributed by atoms with van der Waals surface area (Å²) >= 11 is 0. The molecule has 1 amide bonds. The number of aryl methyl sites for hydroxylation is 3. The van der Waals surface area contributed by atoms with Gasteiger partial charge in [-0.3, -0.25) is 9.10 Å². The van der Waals surface area contributed by atoms with Gasteiger partial charge in [-0.25, -0.2) is 8.42 Å². The quantitative estimate of drug-likeness (QED) is 0.755. The van der Waals surface area contributed by atoms with Crippen LogP contribution < -0.4 is 9.62 Å². The molecule has 0 unspecified atom stereocenters. The molecule has 2 aromatic rings. The van der Waals surface area contributed by atoms with Crippen LogP contribution in [0.15, 0.2) is 48.5 Å². The standard InChI is InChI=1S/C21H28N2O3S/c1-16-10-13-20(17(2)14-16)23(27(4,25)26)15-21(24)22-18(3)11-12-19-8-6-5-7-9-19/h5-10,13-14,18H,11-12,15H2,1-4H3,(H,22,24)/t18-/m1/s1. The fourth-order valence-electron chi connectivity index (χ4n) is 3.02. The van der Waals surface area contributed by atoms with Crippen LogP contribution in [0.3, 0.4) is 0 Å². The molecule has 6 heteroatoms. The summed E-state index contributed by atoms with van der Waals surface area (Å²) in [7, 11) is -3.57. The third-order valence-corrected chi connectivity index (χ3v) is 5.55. The number of nitrogens with zero attached hydrogens (tertiary/aromatic N) is 1. The summed E-state index contributed by atoms with van der Waals surface area (Å²) in [5, 5.41) is 2.91. The smallest absolute Gasteiger partial charge is 0.240 e. The number of anilines is 1. The van der Waals surface area contributed by atoms with Gasteiger partial charge in [0.2, 0.25) is 15.9 Å². The van der Waals surface area contributed by atoms with Gasteiger partial charge in [0.15, 0.2) is 0 Å². The Bertz CT molecular complexity index is 880. The number of rotatable bonds is 8. The summed E-state index contributed by atoms with van der Waals surface area (Å²) < 4.78 is 25.7. The zero-order chi connectivity index (χ0) is 20.0. The average molecular weight is 389 g/mol. The van der Waals surface area contributed by atoms with Gasteiger partial charge >= 0.3 is 0 Å². The molecule has 0 aliphatic carbocycles.